The maximum Gasteiger partial charge on any atom is 0.324 e. The molecule has 1 aromatic carbocycles. The summed E-state index contributed by atoms with van der Waals surface area (Å²) in [5, 5.41) is 18.1. The average Bonchev–Trinajstić information content (AvgIpc) is 2.25. The van der Waals surface area contributed by atoms with E-state index in [1.807, 2.05) is 4.72 Å². The SMILES string of the molecule is Cc1cccc(S(=O)(=O)NC(C(=O)O)C(C)O)c1. The van der Waals surface area contributed by atoms with Crippen molar-refractivity contribution in [1.82, 2.24) is 4.72 Å². The Balaban J connectivity index is 3.05. The van der Waals surface area contributed by atoms with Gasteiger partial charge in [0.2, 0.25) is 10.0 Å². The molecular formula is C11H15NO5S. The molecule has 0 aliphatic rings. The zero-order chi connectivity index (χ0) is 13.9. The Morgan fingerprint density at radius 1 is 1.39 bits per heavy atom. The van der Waals surface area contributed by atoms with E-state index < -0.39 is 28.1 Å². The van der Waals surface area contributed by atoms with Crippen molar-refractivity contribution in [3.63, 3.8) is 0 Å². The van der Waals surface area contributed by atoms with Crippen LogP contribution in [0.2, 0.25) is 0 Å². The van der Waals surface area contributed by atoms with E-state index in [4.69, 9.17) is 5.11 Å². The van der Waals surface area contributed by atoms with Gasteiger partial charge in [-0.2, -0.15) is 4.72 Å². The van der Waals surface area contributed by atoms with E-state index in [0.29, 0.717) is 0 Å². The Bertz CT molecular complexity index is 538. The van der Waals surface area contributed by atoms with Crippen LogP contribution in [0.25, 0.3) is 0 Å². The van der Waals surface area contributed by atoms with Gasteiger partial charge in [0.25, 0.3) is 0 Å². The predicted octanol–water partition coefficient (Wildman–Crippen LogP) is 0.107. The second-order valence-corrected chi connectivity index (χ2v) is 5.71. The summed E-state index contributed by atoms with van der Waals surface area (Å²) in [6, 6.07) is 4.49. The molecule has 18 heavy (non-hydrogen) atoms. The number of rotatable bonds is 5. The van der Waals surface area contributed by atoms with Crippen molar-refractivity contribution < 1.29 is 23.4 Å². The molecule has 3 N–H and O–H groups in total. The molecule has 0 bridgehead atoms. The van der Waals surface area contributed by atoms with Gasteiger partial charge in [0.05, 0.1) is 11.0 Å². The highest BCUT2D eigenvalue weighted by Gasteiger charge is 2.29. The highest BCUT2D eigenvalue weighted by Crippen LogP contribution is 2.12. The molecule has 0 saturated carbocycles. The molecule has 0 fully saturated rings. The number of carboxylic acids is 1. The highest BCUT2D eigenvalue weighted by atomic mass is 32.2. The number of aliphatic hydroxyl groups excluding tert-OH is 1. The number of hydrogen-bond donors (Lipinski definition) is 3. The van der Waals surface area contributed by atoms with E-state index in [-0.39, 0.29) is 4.90 Å². The summed E-state index contributed by atoms with van der Waals surface area (Å²) in [5.74, 6) is -1.43. The van der Waals surface area contributed by atoms with Gasteiger partial charge in [-0.05, 0) is 31.5 Å². The molecule has 2 unspecified atom stereocenters. The van der Waals surface area contributed by atoms with Gasteiger partial charge < -0.3 is 10.2 Å². The summed E-state index contributed by atoms with van der Waals surface area (Å²) in [4.78, 5) is 10.8. The van der Waals surface area contributed by atoms with Crippen molar-refractivity contribution in [2.75, 3.05) is 0 Å². The number of aliphatic carboxylic acids is 1. The largest absolute Gasteiger partial charge is 0.480 e. The monoisotopic (exact) mass is 273 g/mol. The first kappa shape index (κ1) is 14.6. The third-order valence-electron chi connectivity index (χ3n) is 2.33. The lowest BCUT2D eigenvalue weighted by Gasteiger charge is -2.17. The fourth-order valence-corrected chi connectivity index (χ4v) is 2.74. The van der Waals surface area contributed by atoms with Gasteiger partial charge in [0, 0.05) is 0 Å². The first-order valence-corrected chi connectivity index (χ1v) is 6.72. The van der Waals surface area contributed by atoms with Gasteiger partial charge in [-0.3, -0.25) is 4.79 Å². The quantitative estimate of drug-likeness (QED) is 0.706. The zero-order valence-electron chi connectivity index (χ0n) is 9.99. The van der Waals surface area contributed by atoms with Crippen molar-refractivity contribution >= 4 is 16.0 Å². The van der Waals surface area contributed by atoms with E-state index in [0.717, 1.165) is 5.56 Å². The number of benzene rings is 1. The number of carboxylic acid groups (broad SMARTS) is 1. The van der Waals surface area contributed by atoms with Crippen LogP contribution < -0.4 is 4.72 Å². The Morgan fingerprint density at radius 3 is 2.44 bits per heavy atom. The molecule has 0 spiro atoms. The number of carbonyl (C=O) groups is 1. The van der Waals surface area contributed by atoms with Gasteiger partial charge >= 0.3 is 5.97 Å². The van der Waals surface area contributed by atoms with Gasteiger partial charge in [0.15, 0.2) is 0 Å². The summed E-state index contributed by atoms with van der Waals surface area (Å²) < 4.78 is 25.8. The van der Waals surface area contributed by atoms with Crippen LogP contribution in [0.15, 0.2) is 29.2 Å². The molecule has 2 atom stereocenters. The molecular weight excluding hydrogens is 258 g/mol. The standard InChI is InChI=1S/C11H15NO5S/c1-7-4-3-5-9(6-7)18(16,17)12-10(8(2)13)11(14)15/h3-6,8,10,12-13H,1-2H3,(H,14,15). The molecule has 0 aromatic heterocycles. The molecule has 1 rings (SSSR count). The molecule has 0 aliphatic heterocycles. The van der Waals surface area contributed by atoms with E-state index in [2.05, 4.69) is 0 Å². The fraction of sp³-hybridized carbons (Fsp3) is 0.364. The molecule has 7 heteroatoms. The fourth-order valence-electron chi connectivity index (χ4n) is 1.37. The van der Waals surface area contributed by atoms with Crippen LogP contribution >= 0.6 is 0 Å². The van der Waals surface area contributed by atoms with Crippen LogP contribution in [0, 0.1) is 6.92 Å². The van der Waals surface area contributed by atoms with Crippen molar-refractivity contribution in [2.24, 2.45) is 0 Å². The highest BCUT2D eigenvalue weighted by molar-refractivity contribution is 7.89. The second-order valence-electron chi connectivity index (χ2n) is 3.99. The Hall–Kier alpha value is -1.44. The second kappa shape index (κ2) is 5.47. The summed E-state index contributed by atoms with van der Waals surface area (Å²) in [7, 11) is -3.96. The number of sulfonamides is 1. The molecule has 0 radical (unpaired) electrons. The smallest absolute Gasteiger partial charge is 0.324 e. The predicted molar refractivity (Wildman–Crippen MR) is 64.6 cm³/mol. The van der Waals surface area contributed by atoms with Gasteiger partial charge in [-0.25, -0.2) is 8.42 Å². The number of nitrogens with one attached hydrogen (secondary N) is 1. The van der Waals surface area contributed by atoms with Crippen molar-refractivity contribution in [3.05, 3.63) is 29.8 Å². The molecule has 100 valence electrons. The normalized spacial score (nSPS) is 15.1. The average molecular weight is 273 g/mol. The topological polar surface area (TPSA) is 104 Å². The van der Waals surface area contributed by atoms with E-state index >= 15 is 0 Å². The molecule has 0 amide bonds. The van der Waals surface area contributed by atoms with E-state index in [1.165, 1.54) is 19.1 Å². The van der Waals surface area contributed by atoms with Crippen molar-refractivity contribution in [3.8, 4) is 0 Å². The summed E-state index contributed by atoms with van der Waals surface area (Å²) in [6.45, 7) is 2.93. The molecule has 0 aliphatic carbocycles. The maximum atomic E-state index is 11.9. The van der Waals surface area contributed by atoms with Crippen molar-refractivity contribution in [2.45, 2.75) is 30.9 Å². The molecule has 1 aromatic rings. The number of aryl methyl sites for hydroxylation is 1. The zero-order valence-corrected chi connectivity index (χ0v) is 10.8. The van der Waals surface area contributed by atoms with E-state index in [1.54, 1.807) is 19.1 Å². The lowest BCUT2D eigenvalue weighted by Crippen LogP contribution is -2.47. The van der Waals surface area contributed by atoms with Crippen LogP contribution in [0.1, 0.15) is 12.5 Å². The van der Waals surface area contributed by atoms with Crippen molar-refractivity contribution in [1.29, 1.82) is 0 Å². The van der Waals surface area contributed by atoms with Gasteiger partial charge in [-0.1, -0.05) is 12.1 Å². The number of aliphatic hydroxyl groups is 1. The van der Waals surface area contributed by atoms with E-state index in [9.17, 15) is 18.3 Å². The third kappa shape index (κ3) is 3.52. The summed E-state index contributed by atoms with van der Waals surface area (Å²) >= 11 is 0. The first-order chi connectivity index (χ1) is 8.24. The van der Waals surface area contributed by atoms with Gasteiger partial charge in [0.1, 0.15) is 6.04 Å². The van der Waals surface area contributed by atoms with Crippen LogP contribution in [0.3, 0.4) is 0 Å². The lowest BCUT2D eigenvalue weighted by molar-refractivity contribution is -0.141. The minimum atomic E-state index is -3.96. The Morgan fingerprint density at radius 2 is 2.00 bits per heavy atom. The summed E-state index contributed by atoms with van der Waals surface area (Å²) in [6.07, 6.45) is -1.33. The lowest BCUT2D eigenvalue weighted by atomic mass is 10.2. The maximum absolute atomic E-state index is 11.9. The molecule has 0 saturated heterocycles. The van der Waals surface area contributed by atoms with Crippen LogP contribution in [-0.4, -0.2) is 36.7 Å². The Kier molecular flexibility index (Phi) is 4.44. The number of hydrogen-bond acceptors (Lipinski definition) is 4. The minimum Gasteiger partial charge on any atom is -0.480 e. The van der Waals surface area contributed by atoms with Gasteiger partial charge in [-0.15, -0.1) is 0 Å². The minimum absolute atomic E-state index is 0.0330. The first-order valence-electron chi connectivity index (χ1n) is 5.24. The van der Waals surface area contributed by atoms with Crippen LogP contribution in [0.4, 0.5) is 0 Å². The van der Waals surface area contributed by atoms with Crippen LogP contribution in [0.5, 0.6) is 0 Å². The Labute approximate surface area is 105 Å². The third-order valence-corrected chi connectivity index (χ3v) is 3.77. The van der Waals surface area contributed by atoms with Crippen LogP contribution in [-0.2, 0) is 14.8 Å². The summed E-state index contributed by atoms with van der Waals surface area (Å²) in [5.41, 5.74) is 0.738. The molecule has 0 heterocycles. The molecule has 6 nitrogen and oxygen atoms in total.